The molecule has 0 unspecified atom stereocenters. The van der Waals surface area contributed by atoms with Crippen LogP contribution in [0, 0.1) is 0 Å². The summed E-state index contributed by atoms with van der Waals surface area (Å²) < 4.78 is 0. The Bertz CT molecular complexity index is 672. The van der Waals surface area contributed by atoms with E-state index in [4.69, 9.17) is 0 Å². The molecule has 0 atom stereocenters. The van der Waals surface area contributed by atoms with E-state index in [0.717, 1.165) is 0 Å². The molecule has 17 heavy (non-hydrogen) atoms. The average molecular weight is 225 g/mol. The van der Waals surface area contributed by atoms with Gasteiger partial charge in [0.25, 0.3) is 0 Å². The quantitative estimate of drug-likeness (QED) is 0.311. The zero-order valence-corrected chi connectivity index (χ0v) is 11.8. The molecular weight excluding hydrogens is 215 g/mol. The largest absolute Gasteiger partial charge is 0.0610 e. The minimum absolute atomic E-state index is 0. The molecule has 0 aliphatic carbocycles. The van der Waals surface area contributed by atoms with Crippen LogP contribution in [0.15, 0.2) is 60.7 Å². The summed E-state index contributed by atoms with van der Waals surface area (Å²) in [7, 11) is 0. The van der Waals surface area contributed by atoms with Crippen LogP contribution < -0.4 is 0 Å². The first kappa shape index (κ1) is 11.0. The first-order chi connectivity index (χ1) is 7.93. The van der Waals surface area contributed by atoms with Gasteiger partial charge in [-0.1, -0.05) is 60.7 Å². The van der Waals surface area contributed by atoms with Crippen molar-refractivity contribution in [3.63, 3.8) is 0 Å². The van der Waals surface area contributed by atoms with Crippen LogP contribution in [0.25, 0.3) is 32.3 Å². The van der Waals surface area contributed by atoms with Crippen LogP contribution in [0.5, 0.6) is 0 Å². The molecule has 4 aromatic carbocycles. The van der Waals surface area contributed by atoms with E-state index in [2.05, 4.69) is 60.7 Å². The van der Waals surface area contributed by atoms with Gasteiger partial charge >= 0.3 is 0 Å². The van der Waals surface area contributed by atoms with E-state index in [0.29, 0.717) is 0 Å². The topological polar surface area (TPSA) is 0 Å². The van der Waals surface area contributed by atoms with Crippen LogP contribution in [0.2, 0.25) is 0 Å². The normalized spacial score (nSPS) is 11.1. The van der Waals surface area contributed by atoms with Gasteiger partial charge in [0.1, 0.15) is 0 Å². The first-order valence-electron chi connectivity index (χ1n) is 5.56. The van der Waals surface area contributed by atoms with Crippen molar-refractivity contribution >= 4 is 61.9 Å². The van der Waals surface area contributed by atoms with Crippen LogP contribution in [0.4, 0.5) is 0 Å². The van der Waals surface area contributed by atoms with E-state index in [-0.39, 0.29) is 29.6 Å². The number of rotatable bonds is 0. The Hall–Kier alpha value is -1.08. The van der Waals surface area contributed by atoms with Crippen LogP contribution >= 0.6 is 0 Å². The Kier molecular flexibility index (Phi) is 2.59. The number of hydrogen-bond donors (Lipinski definition) is 0. The maximum Gasteiger partial charge on any atom is 0 e. The molecule has 0 aromatic heterocycles. The molecule has 1 radical (unpaired) electrons. The van der Waals surface area contributed by atoms with Crippen molar-refractivity contribution in [2.24, 2.45) is 0 Å². The summed E-state index contributed by atoms with van der Waals surface area (Å²) in [6.07, 6.45) is 0. The Balaban J connectivity index is 0.000000902. The van der Waals surface area contributed by atoms with Crippen molar-refractivity contribution < 1.29 is 0 Å². The van der Waals surface area contributed by atoms with Gasteiger partial charge in [0.2, 0.25) is 0 Å². The summed E-state index contributed by atoms with van der Waals surface area (Å²) in [6.45, 7) is 0. The summed E-state index contributed by atoms with van der Waals surface area (Å²) in [4.78, 5) is 0. The van der Waals surface area contributed by atoms with E-state index in [1.807, 2.05) is 0 Å². The fraction of sp³-hybridized carbons (Fsp3) is 0. The molecule has 0 N–H and O–H groups in total. The average Bonchev–Trinajstić information content (AvgIpc) is 2.36. The SMILES string of the molecule is [Na].c1cc2ccc3cccc4ccc(c1)c2c34. The van der Waals surface area contributed by atoms with Crippen LogP contribution in [-0.4, -0.2) is 29.6 Å². The van der Waals surface area contributed by atoms with Gasteiger partial charge in [-0.05, 0) is 32.3 Å². The predicted octanol–water partition coefficient (Wildman–Crippen LogP) is 4.20. The fourth-order valence-electron chi connectivity index (χ4n) is 2.67. The molecule has 0 aliphatic rings. The summed E-state index contributed by atoms with van der Waals surface area (Å²) >= 11 is 0. The molecule has 0 saturated heterocycles. The third-order valence-corrected chi connectivity index (χ3v) is 3.39. The third kappa shape index (κ3) is 1.49. The zero-order chi connectivity index (χ0) is 10.5. The summed E-state index contributed by atoms with van der Waals surface area (Å²) in [5, 5.41) is 8.14. The maximum atomic E-state index is 2.21. The standard InChI is InChI=1S/C16H10.Na/c1-3-11-7-9-13-5-2-6-14-10-8-12(4-1)15(11)16(13)14;/h1-10H;. The van der Waals surface area contributed by atoms with E-state index in [1.54, 1.807) is 0 Å². The fourth-order valence-corrected chi connectivity index (χ4v) is 2.67. The molecule has 0 bridgehead atoms. The molecule has 0 heterocycles. The molecule has 1 heteroatoms. The zero-order valence-electron chi connectivity index (χ0n) is 9.77. The van der Waals surface area contributed by atoms with E-state index >= 15 is 0 Å². The van der Waals surface area contributed by atoms with Crippen LogP contribution in [0.3, 0.4) is 0 Å². The van der Waals surface area contributed by atoms with Gasteiger partial charge in [-0.25, -0.2) is 0 Å². The van der Waals surface area contributed by atoms with Crippen molar-refractivity contribution in [2.75, 3.05) is 0 Å². The Labute approximate surface area is 122 Å². The monoisotopic (exact) mass is 225 g/mol. The van der Waals surface area contributed by atoms with Gasteiger partial charge in [-0.15, -0.1) is 0 Å². The Morgan fingerprint density at radius 1 is 0.412 bits per heavy atom. The smallest absolute Gasteiger partial charge is 0 e. The van der Waals surface area contributed by atoms with Crippen LogP contribution in [-0.2, 0) is 0 Å². The third-order valence-electron chi connectivity index (χ3n) is 3.39. The van der Waals surface area contributed by atoms with Gasteiger partial charge < -0.3 is 0 Å². The molecule has 0 saturated carbocycles. The van der Waals surface area contributed by atoms with Crippen molar-refractivity contribution in [3.8, 4) is 0 Å². The molecule has 0 nitrogen and oxygen atoms in total. The van der Waals surface area contributed by atoms with Gasteiger partial charge in [-0.3, -0.25) is 0 Å². The summed E-state index contributed by atoms with van der Waals surface area (Å²) in [6, 6.07) is 21.9. The molecule has 0 aliphatic heterocycles. The van der Waals surface area contributed by atoms with Gasteiger partial charge in [0.05, 0.1) is 0 Å². The molecular formula is C16H10Na. The second-order valence-electron chi connectivity index (χ2n) is 4.29. The van der Waals surface area contributed by atoms with Crippen molar-refractivity contribution in [1.82, 2.24) is 0 Å². The Morgan fingerprint density at radius 2 is 0.706 bits per heavy atom. The molecule has 4 rings (SSSR count). The minimum Gasteiger partial charge on any atom is -0.0610 e. The minimum atomic E-state index is 0. The molecule has 0 fully saturated rings. The maximum absolute atomic E-state index is 2.21. The second kappa shape index (κ2) is 3.99. The van der Waals surface area contributed by atoms with Gasteiger partial charge in [0.15, 0.2) is 0 Å². The van der Waals surface area contributed by atoms with Crippen molar-refractivity contribution in [1.29, 1.82) is 0 Å². The molecule has 75 valence electrons. The van der Waals surface area contributed by atoms with E-state index in [1.165, 1.54) is 32.3 Å². The van der Waals surface area contributed by atoms with Gasteiger partial charge in [-0.2, -0.15) is 0 Å². The van der Waals surface area contributed by atoms with E-state index < -0.39 is 0 Å². The molecule has 4 aromatic rings. The summed E-state index contributed by atoms with van der Waals surface area (Å²) in [5.74, 6) is 0. The second-order valence-corrected chi connectivity index (χ2v) is 4.29. The number of benzene rings is 4. The first-order valence-corrected chi connectivity index (χ1v) is 5.56. The molecule has 0 spiro atoms. The van der Waals surface area contributed by atoms with E-state index in [9.17, 15) is 0 Å². The van der Waals surface area contributed by atoms with Gasteiger partial charge in [0, 0.05) is 29.6 Å². The summed E-state index contributed by atoms with van der Waals surface area (Å²) in [5.41, 5.74) is 0. The van der Waals surface area contributed by atoms with Crippen molar-refractivity contribution in [2.45, 2.75) is 0 Å². The predicted molar refractivity (Wildman–Crippen MR) is 75.9 cm³/mol. The van der Waals surface area contributed by atoms with Crippen LogP contribution in [0.1, 0.15) is 0 Å². The Morgan fingerprint density at radius 3 is 1.00 bits per heavy atom. The number of hydrogen-bond acceptors (Lipinski definition) is 0. The molecule has 0 amide bonds. The van der Waals surface area contributed by atoms with Crippen molar-refractivity contribution in [3.05, 3.63) is 60.7 Å².